The maximum absolute atomic E-state index is 12.3. The third-order valence-corrected chi connectivity index (χ3v) is 5.87. The smallest absolute Gasteiger partial charge is 0.262 e. The number of hydrogen-bond donors (Lipinski definition) is 1. The zero-order chi connectivity index (χ0) is 18.1. The van der Waals surface area contributed by atoms with Gasteiger partial charge in [-0.3, -0.25) is 14.5 Å². The van der Waals surface area contributed by atoms with Crippen LogP contribution in [-0.4, -0.2) is 32.8 Å². The lowest BCUT2D eigenvalue weighted by atomic mass is 10.1. The third-order valence-electron chi connectivity index (χ3n) is 3.68. The molecule has 1 N–H and O–H groups in total. The SMILES string of the molecule is O=C1c2ccccc2C(=O)N1CSc1nnc(Nc2cccc(Cl)c2)s1. The van der Waals surface area contributed by atoms with Gasteiger partial charge in [0.1, 0.15) is 0 Å². The average Bonchev–Trinajstić information content (AvgIpc) is 3.17. The van der Waals surface area contributed by atoms with Crippen LogP contribution in [0.1, 0.15) is 20.7 Å². The molecule has 2 heterocycles. The van der Waals surface area contributed by atoms with Gasteiger partial charge in [-0.05, 0) is 30.3 Å². The van der Waals surface area contributed by atoms with Crippen molar-refractivity contribution in [2.45, 2.75) is 4.34 Å². The molecule has 130 valence electrons. The number of hydrogen-bond acceptors (Lipinski definition) is 7. The van der Waals surface area contributed by atoms with Gasteiger partial charge in [0.05, 0.1) is 17.0 Å². The summed E-state index contributed by atoms with van der Waals surface area (Å²) in [5.41, 5.74) is 1.70. The van der Waals surface area contributed by atoms with Crippen LogP contribution in [-0.2, 0) is 0 Å². The van der Waals surface area contributed by atoms with Gasteiger partial charge in [0.25, 0.3) is 11.8 Å². The van der Waals surface area contributed by atoms with E-state index in [2.05, 4.69) is 15.5 Å². The molecular weight excluding hydrogens is 392 g/mol. The Morgan fingerprint density at radius 2 is 1.77 bits per heavy atom. The fourth-order valence-electron chi connectivity index (χ4n) is 2.48. The minimum absolute atomic E-state index is 0.193. The molecule has 1 aliphatic rings. The van der Waals surface area contributed by atoms with Crippen LogP contribution in [0.4, 0.5) is 10.8 Å². The zero-order valence-electron chi connectivity index (χ0n) is 13.2. The van der Waals surface area contributed by atoms with Gasteiger partial charge < -0.3 is 5.32 Å². The van der Waals surface area contributed by atoms with Crippen LogP contribution in [0.25, 0.3) is 0 Å². The summed E-state index contributed by atoms with van der Waals surface area (Å²) in [7, 11) is 0. The molecule has 0 saturated heterocycles. The number of rotatable bonds is 5. The van der Waals surface area contributed by atoms with Crippen molar-refractivity contribution in [3.8, 4) is 0 Å². The molecule has 0 radical (unpaired) electrons. The van der Waals surface area contributed by atoms with E-state index in [9.17, 15) is 9.59 Å². The summed E-state index contributed by atoms with van der Waals surface area (Å²) in [6, 6.07) is 14.1. The monoisotopic (exact) mass is 402 g/mol. The molecule has 0 bridgehead atoms. The van der Waals surface area contributed by atoms with Gasteiger partial charge in [-0.1, -0.05) is 52.9 Å². The molecular formula is C17H11ClN4O2S2. The molecule has 0 atom stereocenters. The number of imide groups is 1. The summed E-state index contributed by atoms with van der Waals surface area (Å²) in [6.07, 6.45) is 0. The van der Waals surface area contributed by atoms with E-state index in [1.54, 1.807) is 36.4 Å². The van der Waals surface area contributed by atoms with Crippen LogP contribution < -0.4 is 5.32 Å². The Hall–Kier alpha value is -2.42. The first-order valence-electron chi connectivity index (χ1n) is 7.56. The normalized spacial score (nSPS) is 13.2. The van der Waals surface area contributed by atoms with E-state index in [0.29, 0.717) is 25.6 Å². The minimum Gasteiger partial charge on any atom is -0.330 e. The fourth-order valence-corrected chi connectivity index (χ4v) is 4.38. The summed E-state index contributed by atoms with van der Waals surface area (Å²) < 4.78 is 0.658. The summed E-state index contributed by atoms with van der Waals surface area (Å²) in [5.74, 6) is -0.363. The number of nitrogens with zero attached hydrogens (tertiary/aromatic N) is 3. The maximum Gasteiger partial charge on any atom is 0.262 e. The Balaban J connectivity index is 1.41. The highest BCUT2D eigenvalue weighted by atomic mass is 35.5. The second-order valence-corrected chi connectivity index (χ2v) is 7.97. The van der Waals surface area contributed by atoms with Crippen LogP contribution >= 0.6 is 34.7 Å². The molecule has 0 unspecified atom stereocenters. The largest absolute Gasteiger partial charge is 0.330 e. The topological polar surface area (TPSA) is 75.2 Å². The lowest BCUT2D eigenvalue weighted by Crippen LogP contribution is -2.29. The van der Waals surface area contributed by atoms with E-state index >= 15 is 0 Å². The highest BCUT2D eigenvalue weighted by Gasteiger charge is 2.35. The molecule has 2 amide bonds. The number of nitrogens with one attached hydrogen (secondary N) is 1. The highest BCUT2D eigenvalue weighted by Crippen LogP contribution is 2.31. The van der Waals surface area contributed by atoms with E-state index in [4.69, 9.17) is 11.6 Å². The molecule has 0 aliphatic carbocycles. The van der Waals surface area contributed by atoms with Crippen LogP contribution in [0.3, 0.4) is 0 Å². The van der Waals surface area contributed by atoms with Crippen molar-refractivity contribution in [2.24, 2.45) is 0 Å². The Labute approximate surface area is 162 Å². The van der Waals surface area contributed by atoms with Crippen LogP contribution in [0.2, 0.25) is 5.02 Å². The first-order valence-corrected chi connectivity index (χ1v) is 9.74. The molecule has 0 saturated carbocycles. The van der Waals surface area contributed by atoms with Crippen LogP contribution in [0.5, 0.6) is 0 Å². The number of aromatic nitrogens is 2. The molecule has 1 aromatic heterocycles. The van der Waals surface area contributed by atoms with Crippen LogP contribution in [0.15, 0.2) is 52.9 Å². The zero-order valence-corrected chi connectivity index (χ0v) is 15.6. The Kier molecular flexibility index (Phi) is 4.62. The van der Waals surface area contributed by atoms with Crippen molar-refractivity contribution in [3.63, 3.8) is 0 Å². The average molecular weight is 403 g/mol. The number of benzene rings is 2. The van der Waals surface area contributed by atoms with E-state index in [1.165, 1.54) is 28.0 Å². The quantitative estimate of drug-likeness (QED) is 0.507. The first kappa shape index (κ1) is 17.0. The van der Waals surface area contributed by atoms with Gasteiger partial charge in [-0.2, -0.15) is 0 Å². The molecule has 1 aliphatic heterocycles. The summed E-state index contributed by atoms with van der Waals surface area (Å²) >= 11 is 8.59. The third kappa shape index (κ3) is 3.31. The number of amides is 2. The van der Waals surface area contributed by atoms with Gasteiger partial charge >= 0.3 is 0 Å². The van der Waals surface area contributed by atoms with E-state index < -0.39 is 0 Å². The first-order chi connectivity index (χ1) is 12.6. The number of carbonyl (C=O) groups is 2. The molecule has 26 heavy (non-hydrogen) atoms. The number of fused-ring (bicyclic) bond motifs is 1. The highest BCUT2D eigenvalue weighted by molar-refractivity contribution is 8.01. The molecule has 6 nitrogen and oxygen atoms in total. The second kappa shape index (κ2) is 7.06. The van der Waals surface area contributed by atoms with Gasteiger partial charge in [-0.25, -0.2) is 0 Å². The summed E-state index contributed by atoms with van der Waals surface area (Å²) in [4.78, 5) is 25.9. The Bertz CT molecular complexity index is 973. The molecule has 2 aromatic carbocycles. The lowest BCUT2D eigenvalue weighted by Gasteiger charge is -2.11. The van der Waals surface area contributed by atoms with E-state index in [0.717, 1.165) is 5.69 Å². The lowest BCUT2D eigenvalue weighted by molar-refractivity contribution is 0.0684. The van der Waals surface area contributed by atoms with E-state index in [-0.39, 0.29) is 17.7 Å². The summed E-state index contributed by atoms with van der Waals surface area (Å²) in [6.45, 7) is 0. The fraction of sp³-hybridized carbons (Fsp3) is 0.0588. The van der Waals surface area contributed by atoms with Gasteiger partial charge in [0, 0.05) is 10.7 Å². The van der Waals surface area contributed by atoms with Crippen molar-refractivity contribution in [1.29, 1.82) is 0 Å². The van der Waals surface area contributed by atoms with Crippen molar-refractivity contribution in [2.75, 3.05) is 11.2 Å². The standard InChI is InChI=1S/C17H11ClN4O2S2/c18-10-4-3-5-11(8-10)19-16-20-21-17(26-16)25-9-22-14(23)12-6-1-2-7-13(12)15(22)24/h1-8H,9H2,(H,19,20). The molecule has 9 heteroatoms. The Morgan fingerprint density at radius 1 is 1.04 bits per heavy atom. The van der Waals surface area contributed by atoms with Crippen molar-refractivity contribution in [1.82, 2.24) is 15.1 Å². The molecule has 0 fully saturated rings. The van der Waals surface area contributed by atoms with Gasteiger partial charge in [-0.15, -0.1) is 10.2 Å². The molecule has 4 rings (SSSR count). The van der Waals surface area contributed by atoms with Crippen molar-refractivity contribution >= 4 is 57.3 Å². The van der Waals surface area contributed by atoms with E-state index in [1.807, 2.05) is 12.1 Å². The van der Waals surface area contributed by atoms with Crippen molar-refractivity contribution in [3.05, 3.63) is 64.7 Å². The number of anilines is 2. The number of halogens is 1. The molecule has 0 spiro atoms. The minimum atomic E-state index is -0.278. The predicted octanol–water partition coefficient (Wildman–Crippen LogP) is 4.28. The van der Waals surface area contributed by atoms with Crippen molar-refractivity contribution < 1.29 is 9.59 Å². The van der Waals surface area contributed by atoms with Gasteiger partial charge in [0.2, 0.25) is 5.13 Å². The predicted molar refractivity (Wildman–Crippen MR) is 102 cm³/mol. The van der Waals surface area contributed by atoms with Gasteiger partial charge in [0.15, 0.2) is 4.34 Å². The molecule has 3 aromatic rings. The Morgan fingerprint density at radius 3 is 2.46 bits per heavy atom. The summed E-state index contributed by atoms with van der Waals surface area (Å²) in [5, 5.41) is 12.5. The number of thioether (sulfide) groups is 1. The second-order valence-electron chi connectivity index (χ2n) is 5.37. The maximum atomic E-state index is 12.3. The number of carbonyl (C=O) groups excluding carboxylic acids is 2. The van der Waals surface area contributed by atoms with Crippen LogP contribution in [0, 0.1) is 0 Å².